The van der Waals surface area contributed by atoms with Crippen LogP contribution < -0.4 is 10.6 Å². The number of hydrogen-bond donors (Lipinski definition) is 4. The molecule has 0 spiro atoms. The molecule has 4 N–H and O–H groups in total. The van der Waals surface area contributed by atoms with Crippen molar-refractivity contribution in [2.45, 2.75) is 64.0 Å². The molecule has 5 rings (SSSR count). The number of anilines is 3. The number of aliphatic hydroxyl groups is 2. The van der Waals surface area contributed by atoms with E-state index in [0.717, 1.165) is 24.0 Å². The van der Waals surface area contributed by atoms with Crippen LogP contribution in [0, 0.1) is 0 Å². The van der Waals surface area contributed by atoms with Gasteiger partial charge >= 0.3 is 5.97 Å². The monoisotopic (exact) mass is 572 g/mol. The number of nitrogens with zero attached hydrogens (tertiary/aromatic N) is 4. The van der Waals surface area contributed by atoms with Crippen molar-refractivity contribution in [1.82, 2.24) is 20.1 Å². The number of hydrogen-bond acceptors (Lipinski definition) is 11. The van der Waals surface area contributed by atoms with Crippen molar-refractivity contribution in [3.8, 4) is 11.5 Å². The van der Waals surface area contributed by atoms with Gasteiger partial charge in [-0.05, 0) is 50.5 Å². The fraction of sp³-hybridized carbons (Fsp3) is 0.387. The number of carbonyl (C=O) groups excluding carboxylic acids is 1. The Labute approximate surface area is 244 Å². The molecule has 0 saturated carbocycles. The molecule has 1 atom stereocenters. The van der Waals surface area contributed by atoms with Gasteiger partial charge in [-0.15, -0.1) is 0 Å². The lowest BCUT2D eigenvalue weighted by molar-refractivity contribution is 0.00954. The highest BCUT2D eigenvalue weighted by atomic mass is 16.6. The van der Waals surface area contributed by atoms with Crippen molar-refractivity contribution in [1.29, 1.82) is 0 Å². The van der Waals surface area contributed by atoms with Gasteiger partial charge in [0.15, 0.2) is 5.82 Å². The van der Waals surface area contributed by atoms with Crippen molar-refractivity contribution >= 4 is 23.4 Å². The fourth-order valence-electron chi connectivity index (χ4n) is 4.96. The summed E-state index contributed by atoms with van der Waals surface area (Å²) in [6.07, 6.45) is 3.92. The van der Waals surface area contributed by atoms with Crippen molar-refractivity contribution in [2.75, 3.05) is 23.8 Å². The van der Waals surface area contributed by atoms with Crippen LogP contribution in [-0.2, 0) is 15.8 Å². The normalized spacial score (nSPS) is 14.8. The topological polar surface area (TPSA) is 156 Å². The number of aromatic nitrogens is 4. The van der Waals surface area contributed by atoms with Crippen molar-refractivity contribution in [3.63, 3.8) is 0 Å². The Kier molecular flexibility index (Phi) is 8.24. The minimum Gasteiger partial charge on any atom is -0.451 e. The summed E-state index contributed by atoms with van der Waals surface area (Å²) < 4.78 is 11.2. The molecule has 2 aromatic heterocycles. The lowest BCUT2D eigenvalue weighted by atomic mass is 9.86. The summed E-state index contributed by atoms with van der Waals surface area (Å²) in [7, 11) is 0. The molecule has 0 bridgehead atoms. The maximum absolute atomic E-state index is 12.2. The smallest absolute Gasteiger partial charge is 0.339 e. The first-order chi connectivity index (χ1) is 20.1. The van der Waals surface area contributed by atoms with Crippen LogP contribution in [0.3, 0.4) is 0 Å². The molecule has 42 heavy (non-hydrogen) atoms. The van der Waals surface area contributed by atoms with Gasteiger partial charge in [0.25, 0.3) is 5.89 Å². The van der Waals surface area contributed by atoms with Gasteiger partial charge in [-0.1, -0.05) is 55.8 Å². The summed E-state index contributed by atoms with van der Waals surface area (Å²) in [6.45, 7) is 7.73. The van der Waals surface area contributed by atoms with E-state index in [1.165, 1.54) is 0 Å². The molecule has 0 radical (unpaired) electrons. The number of cyclic esters (lactones) is 1. The first-order valence-corrected chi connectivity index (χ1v) is 14.0. The van der Waals surface area contributed by atoms with Crippen LogP contribution in [0.1, 0.15) is 80.3 Å². The van der Waals surface area contributed by atoms with Gasteiger partial charge in [-0.3, -0.25) is 0 Å². The second-order valence-electron chi connectivity index (χ2n) is 11.5. The number of benzene rings is 2. The third kappa shape index (κ3) is 6.12. The van der Waals surface area contributed by atoms with Gasteiger partial charge in [0.05, 0.1) is 18.2 Å². The summed E-state index contributed by atoms with van der Waals surface area (Å²) >= 11 is 0. The molecule has 2 aromatic carbocycles. The summed E-state index contributed by atoms with van der Waals surface area (Å²) in [6, 6.07) is 14.4. The standard InChI is InChI=1S/C31H36N6O5/c1-30(2,14-8-9-15-38)28-36-26(42-37-28)22-17-32-29(35-25(22)34-24(18-39)19-10-6-5-7-11-19)33-20-12-13-21-23(16-20)31(3,4)41-27(21)40/h5-7,10-13,16-17,24,38-39H,8-9,14-15,18H2,1-4H3,(H2,32,33,34,35). The first-order valence-electron chi connectivity index (χ1n) is 14.0. The van der Waals surface area contributed by atoms with E-state index in [9.17, 15) is 9.90 Å². The third-order valence-electron chi connectivity index (χ3n) is 7.45. The fourth-order valence-corrected chi connectivity index (χ4v) is 4.96. The van der Waals surface area contributed by atoms with Gasteiger partial charge in [-0.2, -0.15) is 9.97 Å². The molecule has 220 valence electrons. The van der Waals surface area contributed by atoms with Gasteiger partial charge < -0.3 is 30.1 Å². The minimum absolute atomic E-state index is 0.142. The van der Waals surface area contributed by atoms with Crippen LogP contribution >= 0.6 is 0 Å². The van der Waals surface area contributed by atoms with E-state index in [4.69, 9.17) is 19.4 Å². The summed E-state index contributed by atoms with van der Waals surface area (Å²) in [4.78, 5) is 26.2. The van der Waals surface area contributed by atoms with Crippen molar-refractivity contribution in [3.05, 3.63) is 77.2 Å². The molecule has 4 aromatic rings. The number of aliphatic hydroxyl groups excluding tert-OH is 2. The molecule has 0 aliphatic carbocycles. The number of ether oxygens (including phenoxy) is 1. The quantitative estimate of drug-likeness (QED) is 0.130. The molecule has 11 nitrogen and oxygen atoms in total. The summed E-state index contributed by atoms with van der Waals surface area (Å²) in [5.41, 5.74) is 2.24. The van der Waals surface area contributed by atoms with E-state index in [1.54, 1.807) is 18.3 Å². The van der Waals surface area contributed by atoms with Crippen LogP contribution in [0.15, 0.2) is 59.3 Å². The molecule has 1 aliphatic rings. The molecule has 0 amide bonds. The Bertz CT molecular complexity index is 1550. The zero-order valence-electron chi connectivity index (χ0n) is 24.2. The van der Waals surface area contributed by atoms with Crippen molar-refractivity contribution < 1.29 is 24.3 Å². The van der Waals surface area contributed by atoms with E-state index in [2.05, 4.69) is 25.8 Å². The zero-order chi connectivity index (χ0) is 29.9. The highest BCUT2D eigenvalue weighted by Crippen LogP contribution is 2.38. The summed E-state index contributed by atoms with van der Waals surface area (Å²) in [5, 5.41) is 30.2. The van der Waals surface area contributed by atoms with Gasteiger partial charge in [0.1, 0.15) is 17.0 Å². The molecule has 3 heterocycles. The first kappa shape index (κ1) is 29.2. The minimum atomic E-state index is -0.743. The Hall–Kier alpha value is -4.35. The number of nitrogens with one attached hydrogen (secondary N) is 2. The number of carbonyl (C=O) groups is 1. The molecular weight excluding hydrogens is 536 g/mol. The molecule has 1 aliphatic heterocycles. The lowest BCUT2D eigenvalue weighted by Crippen LogP contribution is -2.19. The Balaban J connectivity index is 1.48. The van der Waals surface area contributed by atoms with Gasteiger partial charge in [-0.25, -0.2) is 9.78 Å². The van der Waals surface area contributed by atoms with Crippen LogP contribution in [0.2, 0.25) is 0 Å². The van der Waals surface area contributed by atoms with E-state index < -0.39 is 11.6 Å². The summed E-state index contributed by atoms with van der Waals surface area (Å²) in [5.74, 6) is 1.12. The number of unbranched alkanes of at least 4 members (excludes halogenated alkanes) is 1. The van der Waals surface area contributed by atoms with E-state index >= 15 is 0 Å². The number of esters is 1. The average molecular weight is 573 g/mol. The van der Waals surface area contributed by atoms with Crippen LogP contribution in [0.5, 0.6) is 0 Å². The SMILES string of the molecule is CC(C)(CCCCO)c1noc(-c2cnc(Nc3ccc4c(c3)C(C)(C)OC4=O)nc2NC(CO)c2ccccc2)n1. The van der Waals surface area contributed by atoms with E-state index in [-0.39, 0.29) is 36.4 Å². The molecule has 11 heteroatoms. The largest absolute Gasteiger partial charge is 0.451 e. The van der Waals surface area contributed by atoms with Crippen molar-refractivity contribution in [2.24, 2.45) is 0 Å². The van der Waals surface area contributed by atoms with Gasteiger partial charge in [0.2, 0.25) is 5.95 Å². The maximum atomic E-state index is 12.2. The van der Waals surface area contributed by atoms with Crippen LogP contribution in [-0.4, -0.2) is 49.5 Å². The molecule has 1 unspecified atom stereocenters. The maximum Gasteiger partial charge on any atom is 0.339 e. The molecule has 0 saturated heterocycles. The Morgan fingerprint density at radius 1 is 1.02 bits per heavy atom. The van der Waals surface area contributed by atoms with Gasteiger partial charge in [0, 0.05) is 29.5 Å². The highest BCUT2D eigenvalue weighted by molar-refractivity contribution is 5.95. The Morgan fingerprint density at radius 3 is 2.55 bits per heavy atom. The predicted octanol–water partition coefficient (Wildman–Crippen LogP) is 5.26. The zero-order valence-corrected chi connectivity index (χ0v) is 24.2. The third-order valence-corrected chi connectivity index (χ3v) is 7.45. The Morgan fingerprint density at radius 2 is 1.81 bits per heavy atom. The lowest BCUT2D eigenvalue weighted by Gasteiger charge is -2.20. The second-order valence-corrected chi connectivity index (χ2v) is 11.5. The highest BCUT2D eigenvalue weighted by Gasteiger charge is 2.37. The molecule has 0 fully saturated rings. The molecular formula is C31H36N6O5. The predicted molar refractivity (Wildman–Crippen MR) is 157 cm³/mol. The van der Waals surface area contributed by atoms with Crippen LogP contribution in [0.4, 0.5) is 17.5 Å². The second kappa shape index (κ2) is 11.9. The van der Waals surface area contributed by atoms with E-state index in [1.807, 2.05) is 64.1 Å². The van der Waals surface area contributed by atoms with E-state index in [0.29, 0.717) is 34.9 Å². The average Bonchev–Trinajstić information content (AvgIpc) is 3.55. The number of fused-ring (bicyclic) bond motifs is 1. The number of rotatable bonds is 12. The van der Waals surface area contributed by atoms with Crippen LogP contribution in [0.25, 0.3) is 11.5 Å².